The summed E-state index contributed by atoms with van der Waals surface area (Å²) in [5.74, 6) is -2.47. The molecule has 0 saturated carbocycles. The van der Waals surface area contributed by atoms with Gasteiger partial charge in [0, 0.05) is 0 Å². The van der Waals surface area contributed by atoms with Gasteiger partial charge in [-0.25, -0.2) is 4.79 Å². The molecule has 0 fully saturated rings. The lowest BCUT2D eigenvalue weighted by atomic mass is 9.95. The third kappa shape index (κ3) is 15.2. The molecule has 0 heterocycles. The molecule has 0 aliphatic heterocycles. The summed E-state index contributed by atoms with van der Waals surface area (Å²) in [6.45, 7) is 17.1. The fraction of sp³-hybridized carbons (Fsp3) is 0.875. The quantitative estimate of drug-likeness (QED) is 0.184. The molecule has 3 atom stereocenters. The smallest absolute Gasteiger partial charge is 0.341 e. The number of rotatable bonds is 17. The monoisotopic (exact) mass is 492 g/mol. The standard InChI is InChI=1S/C24H44O10/c1-15(2)12-29-18(7)32-21(25)10-24(28,23(27)34-20(9)31-14-17(5)6)11-22(26)33-19(8)30-13-16(3)4/h15-20,28H,10-14H2,1-9H3. The molecule has 0 aliphatic carbocycles. The van der Waals surface area contributed by atoms with Crippen molar-refractivity contribution in [3.05, 3.63) is 0 Å². The van der Waals surface area contributed by atoms with Crippen LogP contribution in [0.2, 0.25) is 0 Å². The Labute approximate surface area is 203 Å². The molecule has 0 aliphatic rings. The van der Waals surface area contributed by atoms with Crippen LogP contribution in [0.1, 0.15) is 75.2 Å². The third-order valence-electron chi connectivity index (χ3n) is 4.11. The molecule has 10 nitrogen and oxygen atoms in total. The summed E-state index contributed by atoms with van der Waals surface area (Å²) in [6, 6.07) is 0. The summed E-state index contributed by atoms with van der Waals surface area (Å²) in [7, 11) is 0. The zero-order valence-corrected chi connectivity index (χ0v) is 22.1. The van der Waals surface area contributed by atoms with Crippen LogP contribution in [-0.2, 0) is 42.8 Å². The van der Waals surface area contributed by atoms with Gasteiger partial charge in [-0.1, -0.05) is 41.5 Å². The van der Waals surface area contributed by atoms with E-state index in [1.807, 2.05) is 41.5 Å². The second-order valence-electron chi connectivity index (χ2n) is 9.65. The van der Waals surface area contributed by atoms with E-state index in [2.05, 4.69) is 0 Å². The van der Waals surface area contributed by atoms with Crippen molar-refractivity contribution in [1.29, 1.82) is 0 Å². The maximum absolute atomic E-state index is 12.8. The first kappa shape index (κ1) is 32.2. The van der Waals surface area contributed by atoms with Gasteiger partial charge in [0.1, 0.15) is 0 Å². The predicted octanol–water partition coefficient (Wildman–Crippen LogP) is 3.18. The van der Waals surface area contributed by atoms with E-state index in [1.165, 1.54) is 20.8 Å². The van der Waals surface area contributed by atoms with E-state index in [0.29, 0.717) is 19.8 Å². The summed E-state index contributed by atoms with van der Waals surface area (Å²) in [5, 5.41) is 11.0. The van der Waals surface area contributed by atoms with Gasteiger partial charge in [-0.05, 0) is 38.5 Å². The maximum atomic E-state index is 12.8. The van der Waals surface area contributed by atoms with Crippen molar-refractivity contribution in [2.24, 2.45) is 17.8 Å². The molecule has 0 bridgehead atoms. The summed E-state index contributed by atoms with van der Waals surface area (Å²) in [4.78, 5) is 37.6. The first-order valence-electron chi connectivity index (χ1n) is 11.8. The number of hydrogen-bond donors (Lipinski definition) is 1. The number of hydrogen-bond acceptors (Lipinski definition) is 10. The van der Waals surface area contributed by atoms with Gasteiger partial charge in [0.05, 0.1) is 32.7 Å². The van der Waals surface area contributed by atoms with Gasteiger partial charge >= 0.3 is 17.9 Å². The third-order valence-corrected chi connectivity index (χ3v) is 4.11. The zero-order chi connectivity index (χ0) is 26.5. The van der Waals surface area contributed by atoms with Crippen molar-refractivity contribution in [3.8, 4) is 0 Å². The molecule has 34 heavy (non-hydrogen) atoms. The van der Waals surface area contributed by atoms with E-state index in [0.717, 1.165) is 0 Å². The molecule has 200 valence electrons. The molecule has 0 spiro atoms. The first-order valence-corrected chi connectivity index (χ1v) is 11.8. The lowest BCUT2D eigenvalue weighted by Crippen LogP contribution is -2.46. The number of esters is 3. The largest absolute Gasteiger partial charge is 0.436 e. The minimum Gasteiger partial charge on any atom is -0.436 e. The molecule has 0 saturated heterocycles. The number of aliphatic hydroxyl groups is 1. The molecule has 0 aromatic heterocycles. The first-order chi connectivity index (χ1) is 15.6. The molecule has 0 amide bonds. The molecule has 0 aromatic rings. The van der Waals surface area contributed by atoms with Crippen LogP contribution in [0.4, 0.5) is 0 Å². The van der Waals surface area contributed by atoms with Crippen LogP contribution in [0.5, 0.6) is 0 Å². The van der Waals surface area contributed by atoms with Gasteiger partial charge in [-0.15, -0.1) is 0 Å². The predicted molar refractivity (Wildman–Crippen MR) is 123 cm³/mol. The summed E-state index contributed by atoms with van der Waals surface area (Å²) in [5.41, 5.74) is -2.53. The molecular formula is C24H44O10. The molecule has 0 radical (unpaired) electrons. The van der Waals surface area contributed by atoms with E-state index in [4.69, 9.17) is 28.4 Å². The van der Waals surface area contributed by atoms with Gasteiger partial charge in [0.15, 0.2) is 24.5 Å². The van der Waals surface area contributed by atoms with Crippen LogP contribution in [0.3, 0.4) is 0 Å². The van der Waals surface area contributed by atoms with Crippen LogP contribution in [0.15, 0.2) is 0 Å². The van der Waals surface area contributed by atoms with Crippen LogP contribution >= 0.6 is 0 Å². The van der Waals surface area contributed by atoms with Gasteiger partial charge in [-0.3, -0.25) is 9.59 Å². The number of ether oxygens (including phenoxy) is 6. The fourth-order valence-electron chi connectivity index (χ4n) is 2.48. The van der Waals surface area contributed by atoms with Gasteiger partial charge in [0.2, 0.25) is 0 Å². The molecule has 0 aromatic carbocycles. The van der Waals surface area contributed by atoms with Crippen molar-refractivity contribution in [3.63, 3.8) is 0 Å². The lowest BCUT2D eigenvalue weighted by Gasteiger charge is -2.27. The second-order valence-corrected chi connectivity index (χ2v) is 9.65. The van der Waals surface area contributed by atoms with Gasteiger partial charge in [-0.2, -0.15) is 0 Å². The van der Waals surface area contributed by atoms with E-state index >= 15 is 0 Å². The highest BCUT2D eigenvalue weighted by atomic mass is 16.7. The lowest BCUT2D eigenvalue weighted by molar-refractivity contribution is -0.208. The summed E-state index contributed by atoms with van der Waals surface area (Å²) < 4.78 is 31.5. The van der Waals surface area contributed by atoms with Gasteiger partial charge in [0.25, 0.3) is 0 Å². The minimum atomic E-state index is -2.53. The zero-order valence-electron chi connectivity index (χ0n) is 22.1. The Morgan fingerprint density at radius 3 is 1.18 bits per heavy atom. The Morgan fingerprint density at radius 1 is 0.588 bits per heavy atom. The normalized spacial score (nSPS) is 16.1. The Hall–Kier alpha value is -1.75. The SMILES string of the molecule is CC(C)COC(C)OC(=O)CC(O)(CC(=O)OC(C)OCC(C)C)C(=O)OC(C)OCC(C)C. The molecule has 1 N–H and O–H groups in total. The Kier molecular flexibility index (Phi) is 15.2. The highest BCUT2D eigenvalue weighted by Gasteiger charge is 2.44. The molecule has 3 unspecified atom stereocenters. The van der Waals surface area contributed by atoms with Crippen LogP contribution in [0.25, 0.3) is 0 Å². The number of carbonyl (C=O) groups is 3. The molecular weight excluding hydrogens is 448 g/mol. The highest BCUT2D eigenvalue weighted by molar-refractivity contribution is 5.90. The summed E-state index contributed by atoms with van der Waals surface area (Å²) >= 11 is 0. The Bertz CT molecular complexity index is 583. The average molecular weight is 493 g/mol. The van der Waals surface area contributed by atoms with Crippen molar-refractivity contribution in [1.82, 2.24) is 0 Å². The topological polar surface area (TPSA) is 127 Å². The van der Waals surface area contributed by atoms with E-state index in [1.54, 1.807) is 0 Å². The average Bonchev–Trinajstić information content (AvgIpc) is 2.68. The molecule has 10 heteroatoms. The van der Waals surface area contributed by atoms with E-state index in [-0.39, 0.29) is 17.8 Å². The van der Waals surface area contributed by atoms with Crippen molar-refractivity contribution in [2.45, 2.75) is 99.6 Å². The van der Waals surface area contributed by atoms with E-state index in [9.17, 15) is 19.5 Å². The fourth-order valence-corrected chi connectivity index (χ4v) is 2.48. The number of carbonyl (C=O) groups excluding carboxylic acids is 3. The van der Waals surface area contributed by atoms with Crippen molar-refractivity contribution < 1.29 is 47.9 Å². The second kappa shape index (κ2) is 16.0. The van der Waals surface area contributed by atoms with Crippen molar-refractivity contribution >= 4 is 17.9 Å². The summed E-state index contributed by atoms with van der Waals surface area (Å²) in [6.07, 6.45) is -4.49. The van der Waals surface area contributed by atoms with Crippen LogP contribution < -0.4 is 0 Å². The minimum absolute atomic E-state index is 0.185. The van der Waals surface area contributed by atoms with Crippen molar-refractivity contribution in [2.75, 3.05) is 19.8 Å². The van der Waals surface area contributed by atoms with Crippen LogP contribution in [-0.4, -0.2) is 67.3 Å². The Morgan fingerprint density at radius 2 is 0.882 bits per heavy atom. The Balaban J connectivity index is 5.27. The van der Waals surface area contributed by atoms with Crippen LogP contribution in [0, 0.1) is 17.8 Å². The highest BCUT2D eigenvalue weighted by Crippen LogP contribution is 2.22. The van der Waals surface area contributed by atoms with Gasteiger partial charge < -0.3 is 33.5 Å². The maximum Gasteiger partial charge on any atom is 0.341 e. The molecule has 0 rings (SSSR count). The van der Waals surface area contributed by atoms with E-state index < -0.39 is 55.2 Å².